The van der Waals surface area contributed by atoms with Gasteiger partial charge in [0, 0.05) is 22.0 Å². The second kappa shape index (κ2) is 9.32. The van der Waals surface area contributed by atoms with E-state index in [4.69, 9.17) is 32.7 Å². The van der Waals surface area contributed by atoms with E-state index in [1.165, 1.54) is 12.1 Å². The molecule has 30 heavy (non-hydrogen) atoms. The molecule has 0 aliphatic carbocycles. The maximum absolute atomic E-state index is 13.3. The number of carbonyl (C=O) groups excluding carboxylic acids is 3. The first-order chi connectivity index (χ1) is 14.4. The molecule has 0 atom stereocenters. The van der Waals surface area contributed by atoms with Gasteiger partial charge >= 0.3 is 11.9 Å². The van der Waals surface area contributed by atoms with Crippen molar-refractivity contribution in [2.75, 3.05) is 13.2 Å². The second-order valence-corrected chi connectivity index (χ2v) is 7.17. The Morgan fingerprint density at radius 3 is 2.07 bits per heavy atom. The van der Waals surface area contributed by atoms with Crippen molar-refractivity contribution in [1.82, 2.24) is 4.98 Å². The fourth-order valence-electron chi connectivity index (χ4n) is 3.21. The quantitative estimate of drug-likeness (QED) is 0.315. The minimum Gasteiger partial charge on any atom is -0.465 e. The van der Waals surface area contributed by atoms with Crippen molar-refractivity contribution in [3.63, 3.8) is 0 Å². The van der Waals surface area contributed by atoms with E-state index in [9.17, 15) is 14.4 Å². The molecule has 1 N–H and O–H groups in total. The number of aromatic nitrogens is 1. The van der Waals surface area contributed by atoms with Gasteiger partial charge in [-0.05, 0) is 26.0 Å². The van der Waals surface area contributed by atoms with Gasteiger partial charge < -0.3 is 14.5 Å². The van der Waals surface area contributed by atoms with E-state index in [1.807, 2.05) is 0 Å². The van der Waals surface area contributed by atoms with Crippen molar-refractivity contribution < 1.29 is 23.9 Å². The Morgan fingerprint density at radius 2 is 1.50 bits per heavy atom. The van der Waals surface area contributed by atoms with Crippen LogP contribution in [0.5, 0.6) is 0 Å². The fourth-order valence-corrected chi connectivity index (χ4v) is 3.53. The van der Waals surface area contributed by atoms with Crippen LogP contribution in [0.4, 0.5) is 0 Å². The summed E-state index contributed by atoms with van der Waals surface area (Å²) in [5, 5.41) is 0.892. The van der Waals surface area contributed by atoms with Gasteiger partial charge in [0.15, 0.2) is 5.92 Å². The van der Waals surface area contributed by atoms with Crippen molar-refractivity contribution in [3.05, 3.63) is 69.3 Å². The summed E-state index contributed by atoms with van der Waals surface area (Å²) in [6.45, 7) is 3.38. The van der Waals surface area contributed by atoms with Gasteiger partial charge in [-0.1, -0.05) is 53.5 Å². The number of nitrogens with one attached hydrogen (secondary N) is 1. The standard InChI is InChI=1S/C22H19Cl2NO5/c1-3-29-21(27)18(22(28)30-4-2)17-13-10-14(23)15(24)11-16(13)25-19(17)20(26)12-8-6-5-7-9-12/h5-11,18,25H,3-4H2,1-2H3. The lowest BCUT2D eigenvalue weighted by Gasteiger charge is -2.16. The highest BCUT2D eigenvalue weighted by Crippen LogP contribution is 2.37. The third-order valence-electron chi connectivity index (χ3n) is 4.48. The second-order valence-electron chi connectivity index (χ2n) is 6.36. The average molecular weight is 448 g/mol. The van der Waals surface area contributed by atoms with E-state index in [2.05, 4.69) is 4.98 Å². The maximum Gasteiger partial charge on any atom is 0.324 e. The monoisotopic (exact) mass is 447 g/mol. The lowest BCUT2D eigenvalue weighted by Crippen LogP contribution is -2.27. The average Bonchev–Trinajstić information content (AvgIpc) is 3.07. The lowest BCUT2D eigenvalue weighted by molar-refractivity contribution is -0.156. The molecule has 0 saturated carbocycles. The number of halogens is 2. The zero-order chi connectivity index (χ0) is 21.8. The molecule has 0 aliphatic rings. The maximum atomic E-state index is 13.3. The zero-order valence-electron chi connectivity index (χ0n) is 16.3. The van der Waals surface area contributed by atoms with Crippen LogP contribution in [-0.4, -0.2) is 35.9 Å². The summed E-state index contributed by atoms with van der Waals surface area (Å²) in [5.74, 6) is -3.48. The van der Waals surface area contributed by atoms with Crippen molar-refractivity contribution in [3.8, 4) is 0 Å². The van der Waals surface area contributed by atoms with Crippen LogP contribution in [0.1, 0.15) is 41.4 Å². The van der Waals surface area contributed by atoms with Crippen LogP contribution in [0, 0.1) is 0 Å². The van der Waals surface area contributed by atoms with Gasteiger partial charge in [-0.25, -0.2) is 0 Å². The predicted octanol–water partition coefficient (Wildman–Crippen LogP) is 4.92. The normalized spacial score (nSPS) is 11.0. The van der Waals surface area contributed by atoms with Gasteiger partial charge in [0.25, 0.3) is 0 Å². The van der Waals surface area contributed by atoms with E-state index in [0.29, 0.717) is 16.5 Å². The van der Waals surface area contributed by atoms with Gasteiger partial charge in [-0.3, -0.25) is 14.4 Å². The number of ether oxygens (including phenoxy) is 2. The molecule has 1 aromatic heterocycles. The first-order valence-electron chi connectivity index (χ1n) is 9.32. The van der Waals surface area contributed by atoms with Crippen LogP contribution >= 0.6 is 23.2 Å². The number of H-pyrrole nitrogens is 1. The SMILES string of the molecule is CCOC(=O)C(C(=O)OCC)c1c(C(=O)c2ccccc2)[nH]c2cc(Cl)c(Cl)cc12. The highest BCUT2D eigenvalue weighted by Gasteiger charge is 2.38. The van der Waals surface area contributed by atoms with Crippen LogP contribution in [0.2, 0.25) is 10.0 Å². The Hall–Kier alpha value is -2.83. The molecule has 0 saturated heterocycles. The minimum absolute atomic E-state index is 0.0612. The first-order valence-corrected chi connectivity index (χ1v) is 10.1. The van der Waals surface area contributed by atoms with Crippen molar-refractivity contribution in [2.24, 2.45) is 0 Å². The molecule has 3 aromatic rings. The van der Waals surface area contributed by atoms with Crippen molar-refractivity contribution in [1.29, 1.82) is 0 Å². The van der Waals surface area contributed by atoms with Gasteiger partial charge in [-0.15, -0.1) is 0 Å². The summed E-state index contributed by atoms with van der Waals surface area (Å²) in [6, 6.07) is 11.6. The molecule has 6 nitrogen and oxygen atoms in total. The van der Waals surface area contributed by atoms with Gasteiger partial charge in [0.05, 0.1) is 29.0 Å². The topological polar surface area (TPSA) is 85.5 Å². The Morgan fingerprint density at radius 1 is 0.933 bits per heavy atom. The summed E-state index contributed by atoms with van der Waals surface area (Å²) in [4.78, 5) is 41.8. The number of aromatic amines is 1. The molecule has 2 aromatic carbocycles. The zero-order valence-corrected chi connectivity index (χ0v) is 17.8. The molecule has 0 bridgehead atoms. The number of carbonyl (C=O) groups is 3. The van der Waals surface area contributed by atoms with Crippen LogP contribution in [0.3, 0.4) is 0 Å². The summed E-state index contributed by atoms with van der Waals surface area (Å²) in [5.41, 5.74) is 1.06. The van der Waals surface area contributed by atoms with Crippen LogP contribution in [0.25, 0.3) is 10.9 Å². The molecule has 0 aliphatic heterocycles. The lowest BCUT2D eigenvalue weighted by atomic mass is 9.92. The van der Waals surface area contributed by atoms with E-state index in [0.717, 1.165) is 0 Å². The summed E-state index contributed by atoms with van der Waals surface area (Å²) < 4.78 is 10.2. The van der Waals surface area contributed by atoms with E-state index in [-0.39, 0.29) is 34.5 Å². The number of esters is 2. The Kier molecular flexibility index (Phi) is 6.80. The Balaban J connectivity index is 2.30. The van der Waals surface area contributed by atoms with Gasteiger partial charge in [0.2, 0.25) is 5.78 Å². The van der Waals surface area contributed by atoms with Crippen LogP contribution < -0.4 is 0 Å². The summed E-state index contributed by atoms with van der Waals surface area (Å²) in [7, 11) is 0. The summed E-state index contributed by atoms with van der Waals surface area (Å²) in [6.07, 6.45) is 0. The number of rotatable bonds is 7. The smallest absolute Gasteiger partial charge is 0.324 e. The first kappa shape index (κ1) is 21.9. The third kappa shape index (κ3) is 4.20. The van der Waals surface area contributed by atoms with Gasteiger partial charge in [-0.2, -0.15) is 0 Å². The Labute approximate surface area is 183 Å². The Bertz CT molecular complexity index is 1090. The van der Waals surface area contributed by atoms with E-state index >= 15 is 0 Å². The molecule has 156 valence electrons. The molecule has 8 heteroatoms. The van der Waals surface area contributed by atoms with Crippen LogP contribution in [0.15, 0.2) is 42.5 Å². The number of benzene rings is 2. The van der Waals surface area contributed by atoms with E-state index < -0.39 is 23.6 Å². The number of hydrogen-bond donors (Lipinski definition) is 1. The molecular weight excluding hydrogens is 429 g/mol. The molecule has 0 fully saturated rings. The molecule has 0 radical (unpaired) electrons. The third-order valence-corrected chi connectivity index (χ3v) is 5.20. The fraction of sp³-hybridized carbons (Fsp3) is 0.227. The van der Waals surface area contributed by atoms with Crippen molar-refractivity contribution in [2.45, 2.75) is 19.8 Å². The van der Waals surface area contributed by atoms with Crippen LogP contribution in [-0.2, 0) is 19.1 Å². The summed E-state index contributed by atoms with van der Waals surface area (Å²) >= 11 is 12.3. The molecule has 3 rings (SSSR count). The van der Waals surface area contributed by atoms with Gasteiger partial charge in [0.1, 0.15) is 0 Å². The number of fused-ring (bicyclic) bond motifs is 1. The highest BCUT2D eigenvalue weighted by atomic mass is 35.5. The number of ketones is 1. The number of hydrogen-bond acceptors (Lipinski definition) is 5. The largest absolute Gasteiger partial charge is 0.465 e. The molecule has 0 unspecified atom stereocenters. The molecule has 0 spiro atoms. The highest BCUT2D eigenvalue weighted by molar-refractivity contribution is 6.43. The van der Waals surface area contributed by atoms with Crippen molar-refractivity contribution >= 4 is 51.8 Å². The minimum atomic E-state index is -1.46. The predicted molar refractivity (Wildman–Crippen MR) is 114 cm³/mol. The molecule has 0 amide bonds. The molecular formula is C22H19Cl2NO5. The molecule has 1 heterocycles. The van der Waals surface area contributed by atoms with E-state index in [1.54, 1.807) is 44.2 Å².